The molecule has 3 rings (SSSR count). The van der Waals surface area contributed by atoms with E-state index in [0.29, 0.717) is 12.8 Å². The molecular formula is C17H16N2O2. The van der Waals surface area contributed by atoms with Crippen molar-refractivity contribution in [1.82, 2.24) is 9.38 Å². The third kappa shape index (κ3) is 2.65. The summed E-state index contributed by atoms with van der Waals surface area (Å²) in [4.78, 5) is 16.1. The number of fused-ring (bicyclic) bond motifs is 1. The number of pyridine rings is 1. The van der Waals surface area contributed by atoms with Crippen LogP contribution in [0.3, 0.4) is 0 Å². The standard InChI is InChI=1S/C17H16N2O2/c1-21-16(20)11-10-14-17(13-7-3-2-4-8-13)18-15-9-5-6-12-19(14)15/h2-9,12H,10-11H2,1H3. The highest BCUT2D eigenvalue weighted by Crippen LogP contribution is 2.25. The number of hydrogen-bond acceptors (Lipinski definition) is 3. The molecule has 3 aromatic rings. The van der Waals surface area contributed by atoms with Crippen molar-refractivity contribution in [3.8, 4) is 11.3 Å². The minimum Gasteiger partial charge on any atom is -0.469 e. The predicted octanol–water partition coefficient (Wildman–Crippen LogP) is 3.11. The number of nitrogens with zero attached hydrogens (tertiary/aromatic N) is 2. The van der Waals surface area contributed by atoms with Crippen LogP contribution in [-0.4, -0.2) is 22.5 Å². The first-order valence-electron chi connectivity index (χ1n) is 6.88. The van der Waals surface area contributed by atoms with E-state index in [1.54, 1.807) is 0 Å². The lowest BCUT2D eigenvalue weighted by Crippen LogP contribution is -2.04. The normalized spacial score (nSPS) is 10.7. The molecule has 0 fully saturated rings. The number of aromatic nitrogens is 2. The second-order valence-electron chi connectivity index (χ2n) is 4.78. The third-order valence-electron chi connectivity index (χ3n) is 3.47. The van der Waals surface area contributed by atoms with Crippen molar-refractivity contribution < 1.29 is 9.53 Å². The molecule has 4 nitrogen and oxygen atoms in total. The lowest BCUT2D eigenvalue weighted by Gasteiger charge is -2.04. The van der Waals surface area contributed by atoms with Crippen molar-refractivity contribution >= 4 is 11.6 Å². The molecule has 0 saturated heterocycles. The van der Waals surface area contributed by atoms with Gasteiger partial charge in [-0.1, -0.05) is 36.4 Å². The van der Waals surface area contributed by atoms with Gasteiger partial charge >= 0.3 is 5.97 Å². The summed E-state index contributed by atoms with van der Waals surface area (Å²) in [5.41, 5.74) is 3.89. The second-order valence-corrected chi connectivity index (χ2v) is 4.78. The summed E-state index contributed by atoms with van der Waals surface area (Å²) in [7, 11) is 1.41. The van der Waals surface area contributed by atoms with E-state index >= 15 is 0 Å². The molecule has 4 heteroatoms. The van der Waals surface area contributed by atoms with Crippen molar-refractivity contribution in [2.24, 2.45) is 0 Å². The number of methoxy groups -OCH3 is 1. The quantitative estimate of drug-likeness (QED) is 0.690. The lowest BCUT2D eigenvalue weighted by molar-refractivity contribution is -0.140. The van der Waals surface area contributed by atoms with Gasteiger partial charge in [-0.05, 0) is 12.1 Å². The van der Waals surface area contributed by atoms with Crippen LogP contribution >= 0.6 is 0 Å². The molecule has 106 valence electrons. The van der Waals surface area contributed by atoms with Crippen LogP contribution < -0.4 is 0 Å². The summed E-state index contributed by atoms with van der Waals surface area (Å²) >= 11 is 0. The molecule has 0 bridgehead atoms. The minimum absolute atomic E-state index is 0.208. The predicted molar refractivity (Wildman–Crippen MR) is 81.0 cm³/mol. The topological polar surface area (TPSA) is 43.6 Å². The van der Waals surface area contributed by atoms with Crippen molar-refractivity contribution in [2.45, 2.75) is 12.8 Å². The number of hydrogen-bond donors (Lipinski definition) is 0. The van der Waals surface area contributed by atoms with Crippen LogP contribution in [0.2, 0.25) is 0 Å². The Balaban J connectivity index is 2.08. The van der Waals surface area contributed by atoms with Gasteiger partial charge in [-0.25, -0.2) is 4.98 Å². The van der Waals surface area contributed by atoms with Crippen LogP contribution in [0.4, 0.5) is 0 Å². The smallest absolute Gasteiger partial charge is 0.305 e. The fourth-order valence-electron chi connectivity index (χ4n) is 2.44. The monoisotopic (exact) mass is 280 g/mol. The summed E-state index contributed by atoms with van der Waals surface area (Å²) in [6.07, 6.45) is 2.92. The molecule has 0 aliphatic heterocycles. The molecule has 0 spiro atoms. The lowest BCUT2D eigenvalue weighted by atomic mass is 10.1. The average Bonchev–Trinajstić information content (AvgIpc) is 2.92. The number of carbonyl (C=O) groups is 1. The van der Waals surface area contributed by atoms with Gasteiger partial charge in [-0.2, -0.15) is 0 Å². The second kappa shape index (κ2) is 5.79. The zero-order valence-electron chi connectivity index (χ0n) is 11.8. The van der Waals surface area contributed by atoms with Crippen molar-refractivity contribution in [1.29, 1.82) is 0 Å². The van der Waals surface area contributed by atoms with Crippen LogP contribution in [-0.2, 0) is 16.0 Å². The summed E-state index contributed by atoms with van der Waals surface area (Å²) < 4.78 is 6.77. The van der Waals surface area contributed by atoms with Crippen LogP contribution in [0.15, 0.2) is 54.7 Å². The van der Waals surface area contributed by atoms with E-state index in [9.17, 15) is 4.79 Å². The molecule has 1 aromatic carbocycles. The highest BCUT2D eigenvalue weighted by molar-refractivity contribution is 5.71. The summed E-state index contributed by atoms with van der Waals surface area (Å²) in [5, 5.41) is 0. The van der Waals surface area contributed by atoms with Gasteiger partial charge in [0.05, 0.1) is 24.9 Å². The highest BCUT2D eigenvalue weighted by atomic mass is 16.5. The molecule has 0 aliphatic rings. The Hall–Kier alpha value is -2.62. The Labute approximate surface area is 123 Å². The Kier molecular flexibility index (Phi) is 3.69. The van der Waals surface area contributed by atoms with Crippen molar-refractivity contribution in [3.05, 3.63) is 60.4 Å². The molecule has 0 radical (unpaired) electrons. The first-order valence-corrected chi connectivity index (χ1v) is 6.88. The third-order valence-corrected chi connectivity index (χ3v) is 3.47. The van der Waals surface area contributed by atoms with Gasteiger partial charge in [0, 0.05) is 18.2 Å². The number of ether oxygens (including phenoxy) is 1. The Morgan fingerprint density at radius 3 is 2.67 bits per heavy atom. The van der Waals surface area contributed by atoms with Gasteiger partial charge in [-0.15, -0.1) is 0 Å². The molecule has 0 aliphatic carbocycles. The maximum Gasteiger partial charge on any atom is 0.305 e. The average molecular weight is 280 g/mol. The van der Waals surface area contributed by atoms with E-state index in [4.69, 9.17) is 9.72 Å². The van der Waals surface area contributed by atoms with Crippen LogP contribution in [0.1, 0.15) is 12.1 Å². The molecular weight excluding hydrogens is 264 g/mol. The van der Waals surface area contributed by atoms with Gasteiger partial charge in [0.15, 0.2) is 0 Å². The summed E-state index contributed by atoms with van der Waals surface area (Å²) in [6, 6.07) is 15.9. The maximum atomic E-state index is 11.4. The SMILES string of the molecule is COC(=O)CCc1c(-c2ccccc2)nc2ccccn12. The maximum absolute atomic E-state index is 11.4. The summed E-state index contributed by atoms with van der Waals surface area (Å²) in [6.45, 7) is 0. The minimum atomic E-state index is -0.208. The van der Waals surface area contributed by atoms with Gasteiger partial charge in [-0.3, -0.25) is 4.79 Å². The van der Waals surface area contributed by atoms with E-state index in [1.807, 2.05) is 59.1 Å². The van der Waals surface area contributed by atoms with E-state index in [2.05, 4.69) is 0 Å². The van der Waals surface area contributed by atoms with E-state index in [1.165, 1.54) is 7.11 Å². The fraction of sp³-hybridized carbons (Fsp3) is 0.176. The van der Waals surface area contributed by atoms with Gasteiger partial charge < -0.3 is 9.14 Å². The molecule has 0 atom stereocenters. The number of imidazole rings is 1. The Morgan fingerprint density at radius 2 is 1.90 bits per heavy atom. The van der Waals surface area contributed by atoms with Gasteiger partial charge in [0.2, 0.25) is 0 Å². The molecule has 0 N–H and O–H groups in total. The van der Waals surface area contributed by atoms with E-state index < -0.39 is 0 Å². The Morgan fingerprint density at radius 1 is 1.14 bits per heavy atom. The number of esters is 1. The van der Waals surface area contributed by atoms with Crippen LogP contribution in [0.5, 0.6) is 0 Å². The summed E-state index contributed by atoms with van der Waals surface area (Å²) in [5.74, 6) is -0.208. The zero-order chi connectivity index (χ0) is 14.7. The first kappa shape index (κ1) is 13.4. The van der Waals surface area contributed by atoms with Crippen LogP contribution in [0, 0.1) is 0 Å². The number of carbonyl (C=O) groups excluding carboxylic acids is 1. The molecule has 0 unspecified atom stereocenters. The van der Waals surface area contributed by atoms with Crippen molar-refractivity contribution in [2.75, 3.05) is 7.11 Å². The van der Waals surface area contributed by atoms with E-state index in [-0.39, 0.29) is 5.97 Å². The van der Waals surface area contributed by atoms with Gasteiger partial charge in [0.25, 0.3) is 0 Å². The fourth-order valence-corrected chi connectivity index (χ4v) is 2.44. The number of aryl methyl sites for hydroxylation is 1. The number of benzene rings is 1. The molecule has 0 amide bonds. The molecule has 0 saturated carbocycles. The first-order chi connectivity index (χ1) is 10.3. The largest absolute Gasteiger partial charge is 0.469 e. The Bertz CT molecular complexity index is 763. The zero-order valence-corrected chi connectivity index (χ0v) is 11.8. The van der Waals surface area contributed by atoms with Crippen molar-refractivity contribution in [3.63, 3.8) is 0 Å². The highest BCUT2D eigenvalue weighted by Gasteiger charge is 2.14. The molecule has 2 aromatic heterocycles. The van der Waals surface area contributed by atoms with Gasteiger partial charge in [0.1, 0.15) is 5.65 Å². The molecule has 2 heterocycles. The molecule has 21 heavy (non-hydrogen) atoms. The van der Waals surface area contributed by atoms with Crippen LogP contribution in [0.25, 0.3) is 16.9 Å². The number of rotatable bonds is 4. The van der Waals surface area contributed by atoms with E-state index in [0.717, 1.165) is 22.6 Å².